The molecule has 7 heteroatoms. The van der Waals surface area contributed by atoms with Crippen LogP contribution in [0.3, 0.4) is 0 Å². The fraction of sp³-hybridized carbons (Fsp3) is 0.200. The number of hydrogen-bond acceptors (Lipinski definition) is 7. The Morgan fingerprint density at radius 2 is 1.74 bits per heavy atom. The van der Waals surface area contributed by atoms with Gasteiger partial charge in [0.2, 0.25) is 5.95 Å². The minimum absolute atomic E-state index is 0.453. The van der Waals surface area contributed by atoms with Crippen molar-refractivity contribution in [2.75, 3.05) is 31.5 Å². The Labute approximate surface area is 158 Å². The molecule has 1 aromatic heterocycles. The number of benzene rings is 2. The van der Waals surface area contributed by atoms with E-state index in [1.807, 2.05) is 49.4 Å². The fourth-order valence-corrected chi connectivity index (χ4v) is 2.51. The first-order valence-corrected chi connectivity index (χ1v) is 8.54. The summed E-state index contributed by atoms with van der Waals surface area (Å²) >= 11 is 0. The maximum Gasteiger partial charge on any atom is 0.229 e. The second kappa shape index (κ2) is 8.75. The molecule has 0 radical (unpaired) electrons. The molecule has 0 fully saturated rings. The van der Waals surface area contributed by atoms with Crippen LogP contribution in [0.1, 0.15) is 6.92 Å². The summed E-state index contributed by atoms with van der Waals surface area (Å²) in [7, 11) is 3.23. The average molecular weight is 366 g/mol. The van der Waals surface area contributed by atoms with E-state index in [9.17, 15) is 0 Å². The quantitative estimate of drug-likeness (QED) is 0.612. The number of nitrogens with one attached hydrogen (secondary N) is 2. The summed E-state index contributed by atoms with van der Waals surface area (Å²) in [6.07, 6.45) is 1.67. The highest BCUT2D eigenvalue weighted by atomic mass is 16.5. The standard InChI is InChI=1S/C20H22N4O3/c1-4-27-18-8-6-5-7-15(18)23-20-21-12-11-19(24-20)22-16-13-14(25-2)9-10-17(16)26-3/h5-13H,4H2,1-3H3,(H2,21,22,23,24). The van der Waals surface area contributed by atoms with E-state index < -0.39 is 0 Å². The van der Waals surface area contributed by atoms with Crippen molar-refractivity contribution in [2.24, 2.45) is 0 Å². The smallest absolute Gasteiger partial charge is 0.229 e. The zero-order valence-corrected chi connectivity index (χ0v) is 15.5. The topological polar surface area (TPSA) is 77.5 Å². The van der Waals surface area contributed by atoms with Gasteiger partial charge in [0, 0.05) is 12.3 Å². The van der Waals surface area contributed by atoms with E-state index >= 15 is 0 Å². The number of ether oxygens (including phenoxy) is 3. The number of anilines is 4. The van der Waals surface area contributed by atoms with Crippen molar-refractivity contribution >= 4 is 23.1 Å². The summed E-state index contributed by atoms with van der Waals surface area (Å²) in [6, 6.07) is 14.9. The lowest BCUT2D eigenvalue weighted by atomic mass is 10.2. The fourth-order valence-electron chi connectivity index (χ4n) is 2.51. The van der Waals surface area contributed by atoms with Gasteiger partial charge in [-0.25, -0.2) is 4.98 Å². The molecule has 0 atom stereocenters. The van der Waals surface area contributed by atoms with Crippen LogP contribution in [-0.4, -0.2) is 30.8 Å². The van der Waals surface area contributed by atoms with Crippen molar-refractivity contribution in [3.05, 3.63) is 54.7 Å². The van der Waals surface area contributed by atoms with Crippen molar-refractivity contribution in [1.82, 2.24) is 9.97 Å². The Bertz CT molecular complexity index is 902. The molecule has 0 saturated heterocycles. The zero-order valence-electron chi connectivity index (χ0n) is 15.5. The summed E-state index contributed by atoms with van der Waals surface area (Å²) in [5.74, 6) is 3.22. The van der Waals surface area contributed by atoms with Crippen molar-refractivity contribution in [3.8, 4) is 17.2 Å². The van der Waals surface area contributed by atoms with E-state index in [1.165, 1.54) is 0 Å². The molecule has 2 aromatic carbocycles. The molecular weight excluding hydrogens is 344 g/mol. The van der Waals surface area contributed by atoms with E-state index in [2.05, 4.69) is 20.6 Å². The predicted molar refractivity (Wildman–Crippen MR) is 106 cm³/mol. The van der Waals surface area contributed by atoms with Crippen molar-refractivity contribution in [2.45, 2.75) is 6.92 Å². The first-order chi connectivity index (χ1) is 13.2. The number of aromatic nitrogens is 2. The minimum Gasteiger partial charge on any atom is -0.497 e. The third kappa shape index (κ3) is 4.58. The molecule has 3 rings (SSSR count). The number of para-hydroxylation sites is 2. The van der Waals surface area contributed by atoms with E-state index in [0.717, 1.165) is 22.9 Å². The number of methoxy groups -OCH3 is 2. The summed E-state index contributed by atoms with van der Waals surface area (Å²) < 4.78 is 16.3. The van der Waals surface area contributed by atoms with Gasteiger partial charge in [0.25, 0.3) is 0 Å². The Hall–Kier alpha value is -3.48. The maximum atomic E-state index is 5.63. The Kier molecular flexibility index (Phi) is 5.94. The largest absolute Gasteiger partial charge is 0.497 e. The second-order valence-corrected chi connectivity index (χ2v) is 5.51. The van der Waals surface area contributed by atoms with E-state index in [0.29, 0.717) is 24.1 Å². The lowest BCUT2D eigenvalue weighted by Crippen LogP contribution is -2.03. The van der Waals surface area contributed by atoms with Crippen LogP contribution in [0.15, 0.2) is 54.7 Å². The molecule has 3 aromatic rings. The van der Waals surface area contributed by atoms with Gasteiger partial charge in [-0.05, 0) is 37.3 Å². The van der Waals surface area contributed by atoms with Gasteiger partial charge >= 0.3 is 0 Å². The molecule has 0 saturated carbocycles. The summed E-state index contributed by atoms with van der Waals surface area (Å²) in [5.41, 5.74) is 1.55. The Morgan fingerprint density at radius 1 is 0.889 bits per heavy atom. The van der Waals surface area contributed by atoms with Crippen LogP contribution in [0, 0.1) is 0 Å². The first-order valence-electron chi connectivity index (χ1n) is 8.54. The van der Waals surface area contributed by atoms with Gasteiger partial charge in [-0.2, -0.15) is 4.98 Å². The minimum atomic E-state index is 0.453. The normalized spacial score (nSPS) is 10.2. The Balaban J connectivity index is 1.83. The zero-order chi connectivity index (χ0) is 19.1. The first kappa shape index (κ1) is 18.3. The molecule has 27 heavy (non-hydrogen) atoms. The van der Waals surface area contributed by atoms with Gasteiger partial charge in [0.05, 0.1) is 32.2 Å². The molecule has 0 aliphatic carbocycles. The molecule has 7 nitrogen and oxygen atoms in total. The summed E-state index contributed by atoms with van der Waals surface area (Å²) in [4.78, 5) is 8.79. The van der Waals surface area contributed by atoms with Gasteiger partial charge < -0.3 is 24.8 Å². The van der Waals surface area contributed by atoms with Crippen LogP contribution in [0.5, 0.6) is 17.2 Å². The van der Waals surface area contributed by atoms with E-state index in [4.69, 9.17) is 14.2 Å². The molecule has 1 heterocycles. The van der Waals surface area contributed by atoms with Crippen LogP contribution in [-0.2, 0) is 0 Å². The summed E-state index contributed by atoms with van der Waals surface area (Å²) in [5, 5.41) is 6.43. The molecular formula is C20H22N4O3. The van der Waals surface area contributed by atoms with Crippen LogP contribution in [0.25, 0.3) is 0 Å². The number of rotatable bonds is 8. The van der Waals surface area contributed by atoms with Crippen LogP contribution in [0.2, 0.25) is 0 Å². The van der Waals surface area contributed by atoms with Gasteiger partial charge in [-0.15, -0.1) is 0 Å². The average Bonchev–Trinajstić information content (AvgIpc) is 2.70. The highest BCUT2D eigenvalue weighted by Crippen LogP contribution is 2.31. The monoisotopic (exact) mass is 366 g/mol. The molecule has 2 N–H and O–H groups in total. The second-order valence-electron chi connectivity index (χ2n) is 5.51. The molecule has 0 aliphatic heterocycles. The predicted octanol–water partition coefficient (Wildman–Crippen LogP) is 4.38. The van der Waals surface area contributed by atoms with Gasteiger partial charge in [0.15, 0.2) is 0 Å². The maximum absolute atomic E-state index is 5.63. The Morgan fingerprint density at radius 3 is 2.52 bits per heavy atom. The van der Waals surface area contributed by atoms with Crippen LogP contribution < -0.4 is 24.8 Å². The van der Waals surface area contributed by atoms with Crippen molar-refractivity contribution in [1.29, 1.82) is 0 Å². The van der Waals surface area contributed by atoms with Crippen molar-refractivity contribution < 1.29 is 14.2 Å². The third-order valence-electron chi connectivity index (χ3n) is 3.76. The highest BCUT2D eigenvalue weighted by molar-refractivity contribution is 5.68. The molecule has 0 unspecified atom stereocenters. The van der Waals surface area contributed by atoms with Gasteiger partial charge in [-0.3, -0.25) is 0 Å². The molecule has 0 bridgehead atoms. The lowest BCUT2D eigenvalue weighted by molar-refractivity contribution is 0.342. The number of hydrogen-bond donors (Lipinski definition) is 2. The molecule has 0 amide bonds. The lowest BCUT2D eigenvalue weighted by Gasteiger charge is -2.14. The van der Waals surface area contributed by atoms with Gasteiger partial charge in [-0.1, -0.05) is 12.1 Å². The summed E-state index contributed by atoms with van der Waals surface area (Å²) in [6.45, 7) is 2.52. The van der Waals surface area contributed by atoms with E-state index in [-0.39, 0.29) is 0 Å². The van der Waals surface area contributed by atoms with Crippen LogP contribution >= 0.6 is 0 Å². The van der Waals surface area contributed by atoms with Gasteiger partial charge in [0.1, 0.15) is 23.1 Å². The number of nitrogens with zero attached hydrogens (tertiary/aromatic N) is 2. The van der Waals surface area contributed by atoms with Crippen LogP contribution in [0.4, 0.5) is 23.1 Å². The third-order valence-corrected chi connectivity index (χ3v) is 3.76. The van der Waals surface area contributed by atoms with Crippen molar-refractivity contribution in [3.63, 3.8) is 0 Å². The highest BCUT2D eigenvalue weighted by Gasteiger charge is 2.09. The SMILES string of the molecule is CCOc1ccccc1Nc1nccc(Nc2cc(OC)ccc2OC)n1. The molecule has 0 spiro atoms. The molecule has 140 valence electrons. The molecule has 0 aliphatic rings. The van der Waals surface area contributed by atoms with E-state index in [1.54, 1.807) is 26.5 Å².